The summed E-state index contributed by atoms with van der Waals surface area (Å²) in [7, 11) is -1.45. The summed E-state index contributed by atoms with van der Waals surface area (Å²) in [5, 5.41) is 0. The van der Waals surface area contributed by atoms with E-state index in [4.69, 9.17) is 0 Å². The standard InChI is InChI=1S/C37H54Si.C16H13.C2H6.2C2H5.Zr/c1-5-6-29-38(4,36-27-15-25-34(36)23-13-17-30(2)32-19-9-7-10-20-32)37-28-16-26-35(37)24-14-18-31(3)33-21-11-8-12-22-33;1-3-9-15(10-4-1)13-7-8-14-16-11-5-2-6-12-16;3*1-2;/h7-12,19-22,25-26,30-31,36-37H,5-6,13-18,23-24,27-29H2,1-4H3;1-7,9-14H;1-2H3;2*1H2,2H3;/q;-1;;2*-1;+3/b;13-7+;;;;. The first-order valence-electron chi connectivity index (χ1n) is 23.7. The molecule has 6 rings (SSSR count). The molecule has 0 amide bonds. The van der Waals surface area contributed by atoms with Gasteiger partial charge in [-0.3, -0.25) is 0 Å². The van der Waals surface area contributed by atoms with Crippen molar-refractivity contribution in [2.24, 2.45) is 0 Å². The van der Waals surface area contributed by atoms with Gasteiger partial charge in [0.15, 0.2) is 0 Å². The van der Waals surface area contributed by atoms with Crippen molar-refractivity contribution < 1.29 is 26.2 Å². The first-order valence-corrected chi connectivity index (χ1v) is 26.6. The third-order valence-corrected chi connectivity index (χ3v) is 18.4. The van der Waals surface area contributed by atoms with Crippen LogP contribution >= 0.6 is 0 Å². The van der Waals surface area contributed by atoms with Crippen molar-refractivity contribution in [3.05, 3.63) is 193 Å². The van der Waals surface area contributed by atoms with Crippen molar-refractivity contribution in [2.45, 2.75) is 161 Å². The van der Waals surface area contributed by atoms with Crippen LogP contribution in [0.5, 0.6) is 0 Å². The van der Waals surface area contributed by atoms with Crippen molar-refractivity contribution in [1.29, 1.82) is 0 Å². The minimum absolute atomic E-state index is 0. The van der Waals surface area contributed by atoms with Gasteiger partial charge in [-0.05, 0) is 98.3 Å². The summed E-state index contributed by atoms with van der Waals surface area (Å²) in [5.41, 5.74) is 11.0. The van der Waals surface area contributed by atoms with Gasteiger partial charge in [0.05, 0.1) is 8.07 Å². The Balaban J connectivity index is 0.000000674. The molecule has 4 aromatic rings. The summed E-state index contributed by atoms with van der Waals surface area (Å²) < 4.78 is 0. The van der Waals surface area contributed by atoms with E-state index in [1.165, 1.54) is 105 Å². The van der Waals surface area contributed by atoms with Gasteiger partial charge in [0.25, 0.3) is 0 Å². The molecular weight excluding hydrogens is 828 g/mol. The molecular formula is C59H83SiZr. The van der Waals surface area contributed by atoms with Gasteiger partial charge in [0, 0.05) is 0 Å². The van der Waals surface area contributed by atoms with Crippen LogP contribution < -0.4 is 0 Å². The summed E-state index contributed by atoms with van der Waals surface area (Å²) in [5.74, 6) is 1.34. The van der Waals surface area contributed by atoms with Gasteiger partial charge in [-0.25, -0.2) is 0 Å². The molecule has 327 valence electrons. The summed E-state index contributed by atoms with van der Waals surface area (Å²) in [6.45, 7) is 24.1. The molecule has 0 fully saturated rings. The minimum atomic E-state index is -1.45. The van der Waals surface area contributed by atoms with Crippen molar-refractivity contribution in [1.82, 2.24) is 0 Å². The zero-order valence-electron chi connectivity index (χ0n) is 39.8. The Morgan fingerprint density at radius 1 is 0.607 bits per heavy atom. The number of unbranched alkanes of at least 4 members (excludes halogenated alkanes) is 1. The van der Waals surface area contributed by atoms with Gasteiger partial charge in [-0.2, -0.15) is 38.2 Å². The average Bonchev–Trinajstić information content (AvgIpc) is 4.01. The van der Waals surface area contributed by atoms with Gasteiger partial charge >= 0.3 is 26.2 Å². The van der Waals surface area contributed by atoms with E-state index in [1.54, 1.807) is 13.8 Å². The van der Waals surface area contributed by atoms with Gasteiger partial charge in [-0.15, -0.1) is 17.7 Å². The Bertz CT molecular complexity index is 1610. The van der Waals surface area contributed by atoms with Crippen molar-refractivity contribution >= 4 is 20.2 Å². The fourth-order valence-corrected chi connectivity index (χ4v) is 15.4. The van der Waals surface area contributed by atoms with Crippen molar-refractivity contribution in [2.75, 3.05) is 0 Å². The fraction of sp³-hybridized carbons (Fsp3) is 0.424. The maximum absolute atomic E-state index is 3.25. The molecule has 0 saturated heterocycles. The molecule has 0 spiro atoms. The number of allylic oxidation sites excluding steroid dienone is 6. The summed E-state index contributed by atoms with van der Waals surface area (Å²) >= 11 is 0. The first kappa shape index (κ1) is 56.0. The third kappa shape index (κ3) is 19.9. The molecule has 61 heavy (non-hydrogen) atoms. The molecule has 1 radical (unpaired) electrons. The normalized spacial score (nSPS) is 17.3. The maximum atomic E-state index is 3.25. The van der Waals surface area contributed by atoms with Crippen LogP contribution in [-0.2, 0) is 26.2 Å². The minimum Gasteiger partial charge on any atom is -0.346 e. The molecule has 0 saturated carbocycles. The quantitative estimate of drug-likeness (QED) is 0.0404. The maximum Gasteiger partial charge on any atom is 3.00 e. The first-order chi connectivity index (χ1) is 29.5. The van der Waals surface area contributed by atoms with E-state index in [9.17, 15) is 0 Å². The zero-order chi connectivity index (χ0) is 43.9. The van der Waals surface area contributed by atoms with Crippen LogP contribution in [0.4, 0.5) is 0 Å². The van der Waals surface area contributed by atoms with E-state index >= 15 is 0 Å². The third-order valence-electron chi connectivity index (χ3n) is 12.4. The van der Waals surface area contributed by atoms with Crippen molar-refractivity contribution in [3.8, 4) is 0 Å². The Morgan fingerprint density at radius 3 is 1.41 bits per heavy atom. The van der Waals surface area contributed by atoms with E-state index in [-0.39, 0.29) is 26.2 Å². The van der Waals surface area contributed by atoms with E-state index in [0.717, 1.165) is 11.1 Å². The summed E-state index contributed by atoms with van der Waals surface area (Å²) in [4.78, 5) is 0. The number of rotatable bonds is 18. The zero-order valence-corrected chi connectivity index (χ0v) is 43.3. The molecule has 2 aliphatic rings. The van der Waals surface area contributed by atoms with Crippen LogP contribution in [0.15, 0.2) is 151 Å². The fourth-order valence-electron chi connectivity index (χ4n) is 9.26. The number of hydrogen-bond acceptors (Lipinski definition) is 0. The van der Waals surface area contributed by atoms with Gasteiger partial charge in [-0.1, -0.05) is 198 Å². The van der Waals surface area contributed by atoms with Crippen LogP contribution in [0.25, 0.3) is 12.2 Å². The van der Waals surface area contributed by atoms with Crippen LogP contribution in [0.2, 0.25) is 23.7 Å². The molecule has 0 heterocycles. The molecule has 2 aliphatic carbocycles. The molecule has 2 heteroatoms. The smallest absolute Gasteiger partial charge is 0.346 e. The van der Waals surface area contributed by atoms with E-state index in [0.29, 0.717) is 11.8 Å². The number of benzene rings is 4. The summed E-state index contributed by atoms with van der Waals surface area (Å²) in [6, 6.07) is 44.2. The second kappa shape index (κ2) is 34.4. The molecule has 0 bridgehead atoms. The summed E-state index contributed by atoms with van der Waals surface area (Å²) in [6.07, 6.45) is 30.8. The van der Waals surface area contributed by atoms with Crippen LogP contribution in [-0.4, -0.2) is 8.07 Å². The van der Waals surface area contributed by atoms with Crippen molar-refractivity contribution in [3.63, 3.8) is 0 Å². The number of hydrogen-bond donors (Lipinski definition) is 0. The Hall–Kier alpha value is -3.06. The van der Waals surface area contributed by atoms with Gasteiger partial charge in [0.2, 0.25) is 0 Å². The van der Waals surface area contributed by atoms with Crippen LogP contribution in [0.1, 0.15) is 160 Å². The molecule has 0 aromatic heterocycles. The molecule has 0 aliphatic heterocycles. The Labute approximate surface area is 397 Å². The average molecular weight is 912 g/mol. The van der Waals surface area contributed by atoms with Crippen LogP contribution in [0, 0.1) is 19.9 Å². The van der Waals surface area contributed by atoms with Crippen LogP contribution in [0.3, 0.4) is 0 Å². The largest absolute Gasteiger partial charge is 3.00 e. The monoisotopic (exact) mass is 910 g/mol. The molecule has 4 atom stereocenters. The SMILES string of the molecule is CC.CCCC[Si](C)(C1CCC=C1CCCC(C)c1ccccc1)C1CCC=C1CCCC(C)c1ccccc1.[C-](=Cc1ccccc1)/C=C/c1ccccc1.[CH2-]C.[CH2-]C.[Zr+3]. The predicted molar refractivity (Wildman–Crippen MR) is 274 cm³/mol. The molecule has 0 N–H and O–H groups in total. The Kier molecular flexibility index (Phi) is 31.6. The molecule has 4 unspecified atom stereocenters. The Morgan fingerprint density at radius 2 is 1.00 bits per heavy atom. The second-order valence-electron chi connectivity index (χ2n) is 16.3. The predicted octanol–water partition coefficient (Wildman–Crippen LogP) is 18.9. The van der Waals surface area contributed by atoms with E-state index in [1.807, 2.05) is 79.6 Å². The van der Waals surface area contributed by atoms with E-state index in [2.05, 4.69) is 144 Å². The molecule has 0 nitrogen and oxygen atoms in total. The topological polar surface area (TPSA) is 0 Å². The van der Waals surface area contributed by atoms with E-state index < -0.39 is 8.07 Å². The van der Waals surface area contributed by atoms with Gasteiger partial charge < -0.3 is 13.8 Å². The second-order valence-corrected chi connectivity index (χ2v) is 21.2. The molecule has 4 aromatic carbocycles. The van der Waals surface area contributed by atoms with Gasteiger partial charge in [0.1, 0.15) is 0 Å².